The number of rotatable bonds is 9. The van der Waals surface area contributed by atoms with E-state index in [4.69, 9.17) is 4.74 Å². The van der Waals surface area contributed by atoms with Gasteiger partial charge in [-0.2, -0.15) is 11.3 Å². The average Bonchev–Trinajstić information content (AvgIpc) is 3.45. The van der Waals surface area contributed by atoms with Gasteiger partial charge in [0.05, 0.1) is 5.92 Å². The molecular formula is C25H27N3O3S. The Morgan fingerprint density at radius 1 is 1.06 bits per heavy atom. The number of hydrazine groups is 1. The summed E-state index contributed by atoms with van der Waals surface area (Å²) in [4.78, 5) is 24.2. The Hall–Kier alpha value is -3.16. The van der Waals surface area contributed by atoms with E-state index in [-0.39, 0.29) is 25.0 Å². The second kappa shape index (κ2) is 10.4. The molecule has 1 aliphatic rings. The van der Waals surface area contributed by atoms with Crippen molar-refractivity contribution in [1.29, 1.82) is 0 Å². The summed E-state index contributed by atoms with van der Waals surface area (Å²) in [6.07, 6.45) is 1.22. The molecule has 0 fully saturated rings. The maximum absolute atomic E-state index is 12.1. The maximum atomic E-state index is 12.1. The minimum atomic E-state index is -0.529. The minimum absolute atomic E-state index is 0.172. The zero-order valence-corrected chi connectivity index (χ0v) is 18.8. The number of carbonyl (C=O) groups is 2. The molecule has 32 heavy (non-hydrogen) atoms. The van der Waals surface area contributed by atoms with Crippen molar-refractivity contribution in [3.63, 3.8) is 0 Å². The summed E-state index contributed by atoms with van der Waals surface area (Å²) in [7, 11) is 0. The van der Waals surface area contributed by atoms with Gasteiger partial charge in [-0.3, -0.25) is 10.2 Å². The Balaban J connectivity index is 1.15. The molecule has 3 N–H and O–H groups in total. The van der Waals surface area contributed by atoms with E-state index in [2.05, 4.69) is 64.0 Å². The summed E-state index contributed by atoms with van der Waals surface area (Å²) in [6, 6.07) is 16.6. The monoisotopic (exact) mass is 449 g/mol. The van der Waals surface area contributed by atoms with Crippen LogP contribution in [0.4, 0.5) is 4.79 Å². The van der Waals surface area contributed by atoms with Gasteiger partial charge in [0.15, 0.2) is 0 Å². The van der Waals surface area contributed by atoms with Gasteiger partial charge in [0.1, 0.15) is 6.61 Å². The summed E-state index contributed by atoms with van der Waals surface area (Å²) in [5, 5.41) is 6.78. The lowest BCUT2D eigenvalue weighted by atomic mass is 10.0. The van der Waals surface area contributed by atoms with Gasteiger partial charge >= 0.3 is 6.09 Å². The molecule has 3 aromatic rings. The molecule has 4 rings (SSSR count). The molecule has 1 atom stereocenters. The van der Waals surface area contributed by atoms with E-state index >= 15 is 0 Å². The fourth-order valence-corrected chi connectivity index (χ4v) is 4.43. The second-order valence-electron chi connectivity index (χ2n) is 7.98. The topological polar surface area (TPSA) is 79.5 Å². The van der Waals surface area contributed by atoms with Gasteiger partial charge in [-0.1, -0.05) is 49.4 Å². The number of hydrogen-bond acceptors (Lipinski definition) is 5. The third-order valence-electron chi connectivity index (χ3n) is 5.56. The van der Waals surface area contributed by atoms with Gasteiger partial charge in [0.2, 0.25) is 5.91 Å². The first-order valence-electron chi connectivity index (χ1n) is 10.7. The number of hydrogen-bond donors (Lipinski definition) is 3. The van der Waals surface area contributed by atoms with E-state index in [0.29, 0.717) is 6.54 Å². The van der Waals surface area contributed by atoms with Crippen molar-refractivity contribution in [1.82, 2.24) is 16.2 Å². The van der Waals surface area contributed by atoms with Crippen molar-refractivity contribution in [2.24, 2.45) is 5.92 Å². The maximum Gasteiger partial charge on any atom is 0.407 e. The summed E-state index contributed by atoms with van der Waals surface area (Å²) in [5.74, 6) is -0.552. The van der Waals surface area contributed by atoms with E-state index in [1.165, 1.54) is 27.8 Å². The van der Waals surface area contributed by atoms with Crippen molar-refractivity contribution in [3.8, 4) is 11.1 Å². The molecule has 6 nitrogen and oxygen atoms in total. The average molecular weight is 450 g/mol. The van der Waals surface area contributed by atoms with Crippen LogP contribution < -0.4 is 16.2 Å². The van der Waals surface area contributed by atoms with Crippen LogP contribution in [-0.4, -0.2) is 25.1 Å². The van der Waals surface area contributed by atoms with Gasteiger partial charge in [-0.15, -0.1) is 0 Å². The number of alkyl carbamates (subject to hydrolysis) is 1. The summed E-state index contributed by atoms with van der Waals surface area (Å²) < 4.78 is 5.34. The predicted octanol–water partition coefficient (Wildman–Crippen LogP) is 4.05. The van der Waals surface area contributed by atoms with Crippen LogP contribution in [0.1, 0.15) is 29.2 Å². The number of nitrogens with one attached hydrogen (secondary N) is 3. The normalized spacial score (nSPS) is 12.5. The molecule has 0 spiro atoms. The molecule has 166 valence electrons. The number of amides is 2. The highest BCUT2D eigenvalue weighted by molar-refractivity contribution is 7.07. The number of carbonyl (C=O) groups excluding carboxylic acids is 2. The van der Waals surface area contributed by atoms with E-state index in [9.17, 15) is 9.59 Å². The molecule has 0 aliphatic heterocycles. The van der Waals surface area contributed by atoms with Crippen molar-refractivity contribution >= 4 is 23.3 Å². The van der Waals surface area contributed by atoms with Crippen molar-refractivity contribution < 1.29 is 14.3 Å². The first-order valence-corrected chi connectivity index (χ1v) is 11.7. The third kappa shape index (κ3) is 5.55. The van der Waals surface area contributed by atoms with Crippen LogP contribution in [0.15, 0.2) is 59.3 Å². The largest absolute Gasteiger partial charge is 0.445 e. The van der Waals surface area contributed by atoms with Crippen LogP contribution >= 0.6 is 11.3 Å². The third-order valence-corrected chi connectivity index (χ3v) is 6.29. The molecular weight excluding hydrogens is 422 g/mol. The van der Waals surface area contributed by atoms with Gasteiger partial charge in [-0.05, 0) is 63.0 Å². The molecule has 1 heterocycles. The minimum Gasteiger partial charge on any atom is -0.445 e. The van der Waals surface area contributed by atoms with E-state index in [1.54, 1.807) is 18.3 Å². The second-order valence-corrected chi connectivity index (χ2v) is 8.76. The molecule has 0 radical (unpaired) electrons. The van der Waals surface area contributed by atoms with Crippen LogP contribution in [-0.2, 0) is 29.0 Å². The van der Waals surface area contributed by atoms with Crippen molar-refractivity contribution in [2.75, 3.05) is 13.1 Å². The summed E-state index contributed by atoms with van der Waals surface area (Å²) >= 11 is 1.66. The predicted molar refractivity (Wildman–Crippen MR) is 126 cm³/mol. The number of fused-ring (bicyclic) bond motifs is 3. The van der Waals surface area contributed by atoms with E-state index < -0.39 is 6.09 Å². The molecule has 2 amide bonds. The lowest BCUT2D eigenvalue weighted by Gasteiger charge is -2.14. The number of ether oxygens (including phenoxy) is 1. The molecule has 2 aromatic carbocycles. The smallest absolute Gasteiger partial charge is 0.407 e. The molecule has 0 saturated heterocycles. The molecule has 1 aromatic heterocycles. The molecule has 1 unspecified atom stereocenters. The highest BCUT2D eigenvalue weighted by Crippen LogP contribution is 2.36. The first kappa shape index (κ1) is 22.0. The standard InChI is InChI=1S/C25H27N3O3S/c1-17(24(29)28-27-10-8-18-9-11-32-16-18)14-26-25(30)31-15-19-6-7-23-21(12-19)13-20-4-2-3-5-22(20)23/h2-7,9,11-12,16-17,27H,8,10,13-15H2,1H3,(H,26,30)(H,28,29). The van der Waals surface area contributed by atoms with Crippen LogP contribution in [0.25, 0.3) is 11.1 Å². The van der Waals surface area contributed by atoms with Crippen molar-refractivity contribution in [3.05, 3.63) is 81.5 Å². The molecule has 0 saturated carbocycles. The van der Waals surface area contributed by atoms with Crippen LogP contribution in [0, 0.1) is 5.92 Å². The molecule has 1 aliphatic carbocycles. The van der Waals surface area contributed by atoms with Crippen molar-refractivity contribution in [2.45, 2.75) is 26.4 Å². The SMILES string of the molecule is CC(CNC(=O)OCc1ccc2c(c1)Cc1ccccc1-2)C(=O)NNCCc1ccsc1. The van der Waals surface area contributed by atoms with Crippen LogP contribution in [0.2, 0.25) is 0 Å². The quantitative estimate of drug-likeness (QED) is 0.266. The van der Waals surface area contributed by atoms with Crippen LogP contribution in [0.5, 0.6) is 0 Å². The Morgan fingerprint density at radius 2 is 1.91 bits per heavy atom. The van der Waals surface area contributed by atoms with Gasteiger partial charge in [0.25, 0.3) is 0 Å². The highest BCUT2D eigenvalue weighted by Gasteiger charge is 2.18. The number of benzene rings is 2. The zero-order chi connectivity index (χ0) is 22.3. The highest BCUT2D eigenvalue weighted by atomic mass is 32.1. The van der Waals surface area contributed by atoms with Gasteiger partial charge in [0, 0.05) is 13.1 Å². The van der Waals surface area contributed by atoms with Gasteiger partial charge in [-0.25, -0.2) is 10.2 Å². The Labute approximate surface area is 192 Å². The molecule has 0 bridgehead atoms. The lowest BCUT2D eigenvalue weighted by Crippen LogP contribution is -2.44. The summed E-state index contributed by atoms with van der Waals surface area (Å²) in [6.45, 7) is 2.81. The lowest BCUT2D eigenvalue weighted by molar-refractivity contribution is -0.125. The first-order chi connectivity index (χ1) is 15.6. The summed E-state index contributed by atoms with van der Waals surface area (Å²) in [5.41, 5.74) is 12.9. The number of thiophene rings is 1. The van der Waals surface area contributed by atoms with Gasteiger partial charge < -0.3 is 10.1 Å². The Bertz CT molecular complexity index is 1080. The van der Waals surface area contributed by atoms with Crippen LogP contribution in [0.3, 0.4) is 0 Å². The van der Waals surface area contributed by atoms with E-state index in [1.807, 2.05) is 11.4 Å². The zero-order valence-electron chi connectivity index (χ0n) is 18.0. The van der Waals surface area contributed by atoms with E-state index in [0.717, 1.165) is 18.4 Å². The Kier molecular flexibility index (Phi) is 7.19. The fraction of sp³-hybridized carbons (Fsp3) is 0.280. The molecule has 7 heteroatoms. The fourth-order valence-electron chi connectivity index (χ4n) is 3.73. The Morgan fingerprint density at radius 3 is 2.75 bits per heavy atom.